The second-order valence-corrected chi connectivity index (χ2v) is 3.08. The first-order valence-corrected chi connectivity index (χ1v) is 4.48. The first-order valence-electron chi connectivity index (χ1n) is 4.10. The minimum Gasteiger partial charge on any atom is -0.364 e. The molecule has 0 unspecified atom stereocenters. The third kappa shape index (κ3) is 2.23. The fourth-order valence-corrected chi connectivity index (χ4v) is 1.18. The molecule has 2 rings (SSSR count). The molecule has 0 aliphatic rings. The molecule has 0 radical (unpaired) electrons. The molecule has 1 N–H and O–H groups in total. The third-order valence-electron chi connectivity index (χ3n) is 1.66. The van der Waals surface area contributed by atoms with Crippen molar-refractivity contribution >= 4 is 17.4 Å². The molecular weight excluding hydrogens is 202 g/mol. The van der Waals surface area contributed by atoms with Gasteiger partial charge in [-0.3, -0.25) is 0 Å². The fourth-order valence-electron chi connectivity index (χ4n) is 1.02. The van der Waals surface area contributed by atoms with Crippen LogP contribution in [0.2, 0.25) is 5.15 Å². The highest BCUT2D eigenvalue weighted by Crippen LogP contribution is 2.09. The number of hydrogen-bond donors (Lipinski definition) is 1. The highest BCUT2D eigenvalue weighted by molar-refractivity contribution is 6.29. The first kappa shape index (κ1) is 9.02. The molecule has 0 atom stereocenters. The van der Waals surface area contributed by atoms with Gasteiger partial charge in [0.1, 0.15) is 22.9 Å². The van der Waals surface area contributed by atoms with E-state index in [1.54, 1.807) is 12.1 Å². The second kappa shape index (κ2) is 4.11. The molecule has 0 aliphatic heterocycles. The van der Waals surface area contributed by atoms with E-state index in [-0.39, 0.29) is 0 Å². The van der Waals surface area contributed by atoms with Crippen molar-refractivity contribution in [3.63, 3.8) is 0 Å². The number of rotatable bonds is 3. The van der Waals surface area contributed by atoms with Crippen LogP contribution in [0.4, 0.5) is 5.82 Å². The van der Waals surface area contributed by atoms with Gasteiger partial charge in [0.15, 0.2) is 0 Å². The third-order valence-corrected chi connectivity index (χ3v) is 1.87. The lowest BCUT2D eigenvalue weighted by molar-refractivity contribution is 0.412. The van der Waals surface area contributed by atoms with Gasteiger partial charge in [-0.2, -0.15) is 0 Å². The van der Waals surface area contributed by atoms with Crippen molar-refractivity contribution in [1.82, 2.24) is 10.1 Å². The number of anilines is 1. The summed E-state index contributed by atoms with van der Waals surface area (Å²) < 4.78 is 4.69. The average molecular weight is 210 g/mol. The molecule has 4 nitrogen and oxygen atoms in total. The van der Waals surface area contributed by atoms with Crippen LogP contribution in [-0.4, -0.2) is 10.1 Å². The molecule has 5 heteroatoms. The molecule has 14 heavy (non-hydrogen) atoms. The molecule has 0 saturated carbocycles. The number of nitrogens with one attached hydrogen (secondary N) is 1. The van der Waals surface area contributed by atoms with Gasteiger partial charge in [-0.25, -0.2) is 4.98 Å². The Morgan fingerprint density at radius 2 is 2.29 bits per heavy atom. The smallest absolute Gasteiger partial charge is 0.131 e. The molecule has 0 fully saturated rings. The summed E-state index contributed by atoms with van der Waals surface area (Å²) in [6, 6.07) is 7.19. The van der Waals surface area contributed by atoms with E-state index in [0.717, 1.165) is 11.5 Å². The van der Waals surface area contributed by atoms with Crippen LogP contribution in [0.1, 0.15) is 5.69 Å². The van der Waals surface area contributed by atoms with E-state index < -0.39 is 0 Å². The molecule has 2 aromatic heterocycles. The Bertz CT molecular complexity index is 402. The first-order chi connectivity index (χ1) is 6.84. The standard InChI is InChI=1S/C9H8ClN3O/c10-8-2-1-3-9(12-8)11-6-7-4-5-14-13-7/h1-5H,6H2,(H,11,12). The lowest BCUT2D eigenvalue weighted by Crippen LogP contribution is -2.01. The predicted octanol–water partition coefficient (Wildman–Crippen LogP) is 2.34. The lowest BCUT2D eigenvalue weighted by atomic mass is 10.4. The maximum absolute atomic E-state index is 5.72. The molecule has 0 spiro atoms. The lowest BCUT2D eigenvalue weighted by Gasteiger charge is -2.02. The minimum absolute atomic E-state index is 0.468. The van der Waals surface area contributed by atoms with Crippen molar-refractivity contribution in [1.29, 1.82) is 0 Å². The van der Waals surface area contributed by atoms with Crippen LogP contribution >= 0.6 is 11.6 Å². The van der Waals surface area contributed by atoms with Crippen molar-refractivity contribution in [3.8, 4) is 0 Å². The summed E-state index contributed by atoms with van der Waals surface area (Å²) in [4.78, 5) is 4.07. The quantitative estimate of drug-likeness (QED) is 0.789. The SMILES string of the molecule is Clc1cccc(NCc2ccon2)n1. The Morgan fingerprint density at radius 1 is 1.36 bits per heavy atom. The fraction of sp³-hybridized carbons (Fsp3) is 0.111. The van der Waals surface area contributed by atoms with E-state index in [4.69, 9.17) is 16.1 Å². The average Bonchev–Trinajstić information content (AvgIpc) is 2.67. The van der Waals surface area contributed by atoms with Crippen LogP contribution < -0.4 is 5.32 Å². The van der Waals surface area contributed by atoms with Gasteiger partial charge in [0.05, 0.1) is 6.54 Å². The maximum atomic E-state index is 5.72. The van der Waals surface area contributed by atoms with E-state index in [9.17, 15) is 0 Å². The van der Waals surface area contributed by atoms with E-state index in [1.807, 2.05) is 12.1 Å². The minimum atomic E-state index is 0.468. The molecule has 0 aromatic carbocycles. The molecular formula is C9H8ClN3O. The Morgan fingerprint density at radius 3 is 3.00 bits per heavy atom. The van der Waals surface area contributed by atoms with E-state index in [1.165, 1.54) is 6.26 Å². The number of nitrogens with zero attached hydrogens (tertiary/aromatic N) is 2. The Labute approximate surface area is 85.9 Å². The van der Waals surface area contributed by atoms with Crippen molar-refractivity contribution < 1.29 is 4.52 Å². The zero-order valence-electron chi connectivity index (χ0n) is 7.27. The summed E-state index contributed by atoms with van der Waals surface area (Å²) in [7, 11) is 0. The van der Waals surface area contributed by atoms with Crippen LogP contribution in [0, 0.1) is 0 Å². The van der Waals surface area contributed by atoms with Gasteiger partial charge >= 0.3 is 0 Å². The zero-order valence-corrected chi connectivity index (χ0v) is 8.03. The van der Waals surface area contributed by atoms with E-state index >= 15 is 0 Å². The monoisotopic (exact) mass is 209 g/mol. The summed E-state index contributed by atoms with van der Waals surface area (Å²) in [5.41, 5.74) is 0.826. The molecule has 72 valence electrons. The number of hydrogen-bond acceptors (Lipinski definition) is 4. The Kier molecular flexibility index (Phi) is 2.65. The largest absolute Gasteiger partial charge is 0.364 e. The molecule has 0 amide bonds. The topological polar surface area (TPSA) is 51.0 Å². The van der Waals surface area contributed by atoms with Crippen molar-refractivity contribution in [2.24, 2.45) is 0 Å². The normalized spacial score (nSPS) is 10.1. The summed E-state index contributed by atoms with van der Waals surface area (Å²) in [5.74, 6) is 0.723. The predicted molar refractivity (Wildman–Crippen MR) is 53.1 cm³/mol. The Balaban J connectivity index is 1.98. The van der Waals surface area contributed by atoms with Crippen LogP contribution in [0.25, 0.3) is 0 Å². The number of aromatic nitrogens is 2. The summed E-state index contributed by atoms with van der Waals surface area (Å²) in [5, 5.41) is 7.29. The van der Waals surface area contributed by atoms with Crippen LogP contribution in [0.3, 0.4) is 0 Å². The zero-order chi connectivity index (χ0) is 9.80. The van der Waals surface area contributed by atoms with Crippen LogP contribution in [0.15, 0.2) is 35.1 Å². The number of pyridine rings is 1. The van der Waals surface area contributed by atoms with E-state index in [2.05, 4.69) is 15.5 Å². The van der Waals surface area contributed by atoms with Crippen molar-refractivity contribution in [2.45, 2.75) is 6.54 Å². The van der Waals surface area contributed by atoms with Crippen molar-refractivity contribution in [3.05, 3.63) is 41.4 Å². The Hall–Kier alpha value is -1.55. The van der Waals surface area contributed by atoms with Crippen LogP contribution in [0.5, 0.6) is 0 Å². The van der Waals surface area contributed by atoms with Gasteiger partial charge < -0.3 is 9.84 Å². The van der Waals surface area contributed by atoms with Gasteiger partial charge in [-0.15, -0.1) is 0 Å². The van der Waals surface area contributed by atoms with Gasteiger partial charge in [-0.05, 0) is 12.1 Å². The molecule has 2 heterocycles. The molecule has 0 bridgehead atoms. The maximum Gasteiger partial charge on any atom is 0.131 e. The molecule has 2 aromatic rings. The summed E-state index contributed by atoms with van der Waals surface area (Å²) in [6.45, 7) is 0.573. The number of halogens is 1. The highest BCUT2D eigenvalue weighted by Gasteiger charge is 1.97. The van der Waals surface area contributed by atoms with Gasteiger partial charge in [0, 0.05) is 6.07 Å². The van der Waals surface area contributed by atoms with E-state index in [0.29, 0.717) is 11.7 Å². The second-order valence-electron chi connectivity index (χ2n) is 2.69. The highest BCUT2D eigenvalue weighted by atomic mass is 35.5. The van der Waals surface area contributed by atoms with Crippen LogP contribution in [-0.2, 0) is 6.54 Å². The van der Waals surface area contributed by atoms with Gasteiger partial charge in [-0.1, -0.05) is 22.8 Å². The summed E-state index contributed by atoms with van der Waals surface area (Å²) >= 11 is 5.72. The summed E-state index contributed by atoms with van der Waals surface area (Å²) in [6.07, 6.45) is 1.53. The van der Waals surface area contributed by atoms with Gasteiger partial charge in [0.2, 0.25) is 0 Å². The van der Waals surface area contributed by atoms with Crippen molar-refractivity contribution in [2.75, 3.05) is 5.32 Å². The molecule has 0 aliphatic carbocycles. The van der Waals surface area contributed by atoms with Gasteiger partial charge in [0.25, 0.3) is 0 Å². The molecule has 0 saturated heterocycles.